The molecule has 0 spiro atoms. The number of nitrogens with one attached hydrogen (secondary N) is 1. The fourth-order valence-corrected chi connectivity index (χ4v) is 2.21. The second-order valence-electron chi connectivity index (χ2n) is 4.89. The Balaban J connectivity index is 1.84. The average Bonchev–Trinajstić information content (AvgIpc) is 3.08. The van der Waals surface area contributed by atoms with Gasteiger partial charge in [0.15, 0.2) is 11.5 Å². The van der Waals surface area contributed by atoms with Gasteiger partial charge in [-0.15, -0.1) is 0 Å². The molecule has 0 radical (unpaired) electrons. The molecule has 0 aromatic heterocycles. The number of rotatable bonds is 4. The van der Waals surface area contributed by atoms with Crippen LogP contribution in [0.4, 0.5) is 4.39 Å². The fraction of sp³-hybridized carbons (Fsp3) is 0.368. The topological polar surface area (TPSA) is 39.7 Å². The maximum Gasteiger partial charge on any atom is 0.231 e. The molecule has 2 heterocycles. The minimum Gasteiger partial charge on any atom is -0.493 e. The van der Waals surface area contributed by atoms with Gasteiger partial charge in [0.1, 0.15) is 14.3 Å². The monoisotopic (exact) mass is 342 g/mol. The van der Waals surface area contributed by atoms with E-state index in [1.165, 1.54) is 18.2 Å². The van der Waals surface area contributed by atoms with E-state index in [9.17, 15) is 4.39 Å². The molecular weight excluding hydrogens is 309 g/mol. The van der Waals surface area contributed by atoms with E-state index in [0.29, 0.717) is 0 Å². The minimum absolute atomic E-state index is 0.0324. The molecule has 2 aliphatic rings. The predicted octanol–water partition coefficient (Wildman–Crippen LogP) is 3.33. The highest BCUT2D eigenvalue weighted by molar-refractivity contribution is 5.46. The normalized spacial score (nSPS) is 41.7. The molecular formula is C19H20FNO3. The highest BCUT2D eigenvalue weighted by atomic mass is 19.1. The lowest BCUT2D eigenvalue weighted by atomic mass is 9.81. The summed E-state index contributed by atoms with van der Waals surface area (Å²) in [5.41, 5.74) is -0.881. The van der Waals surface area contributed by atoms with Crippen molar-refractivity contribution in [2.75, 3.05) is 26.3 Å². The summed E-state index contributed by atoms with van der Waals surface area (Å²) < 4.78 is 136. The lowest BCUT2D eigenvalue weighted by molar-refractivity contribution is 0.173. The molecule has 126 valence electrons. The summed E-state index contributed by atoms with van der Waals surface area (Å²) in [6.07, 6.45) is -3.23. The van der Waals surface area contributed by atoms with Gasteiger partial charge in [-0.2, -0.15) is 0 Å². The van der Waals surface area contributed by atoms with Crippen molar-refractivity contribution in [2.24, 2.45) is 5.89 Å². The quantitative estimate of drug-likeness (QED) is 0.925. The van der Waals surface area contributed by atoms with Crippen molar-refractivity contribution in [2.45, 2.75) is 12.3 Å². The van der Waals surface area contributed by atoms with Crippen LogP contribution >= 0.6 is 0 Å². The van der Waals surface area contributed by atoms with Crippen LogP contribution in [0.25, 0.3) is 0 Å². The second-order valence-corrected chi connectivity index (χ2v) is 4.89. The molecule has 0 amide bonds. The van der Waals surface area contributed by atoms with Crippen LogP contribution in [0.2, 0.25) is 0 Å². The van der Waals surface area contributed by atoms with Gasteiger partial charge >= 0.3 is 0 Å². The number of hydrogen-bond acceptors (Lipinski definition) is 4. The van der Waals surface area contributed by atoms with E-state index in [1.54, 1.807) is 0 Å². The Labute approximate surface area is 158 Å². The summed E-state index contributed by atoms with van der Waals surface area (Å²) in [6, 6.07) is -0.802. The third kappa shape index (κ3) is 3.17. The minimum atomic E-state index is -3.23. The van der Waals surface area contributed by atoms with Gasteiger partial charge in [-0.25, -0.2) is 4.39 Å². The largest absolute Gasteiger partial charge is 0.493 e. The van der Waals surface area contributed by atoms with Crippen LogP contribution < -0.4 is 19.5 Å². The van der Waals surface area contributed by atoms with Crippen molar-refractivity contribution < 1.29 is 36.4 Å². The molecule has 5 heteroatoms. The average molecular weight is 342 g/mol. The molecule has 0 aliphatic carbocycles. The van der Waals surface area contributed by atoms with Gasteiger partial charge in [-0.05, 0) is 48.6 Å². The zero-order chi connectivity index (χ0) is 27.9. The van der Waals surface area contributed by atoms with Gasteiger partial charge in [0.05, 0.1) is 12.1 Å². The number of fused-ring (bicyclic) bond motifs is 1. The highest BCUT2D eigenvalue weighted by Crippen LogP contribution is 2.36. The molecule has 2 atom stereocenters. The van der Waals surface area contributed by atoms with Gasteiger partial charge in [0, 0.05) is 28.1 Å². The first-order chi connectivity index (χ1) is 16.8. The third-order valence-corrected chi connectivity index (χ3v) is 3.37. The maximum atomic E-state index is 14.2. The van der Waals surface area contributed by atoms with E-state index in [4.69, 9.17) is 32.0 Å². The Kier molecular flexibility index (Phi) is 1.83. The third-order valence-electron chi connectivity index (χ3n) is 3.37. The van der Waals surface area contributed by atoms with E-state index in [1.807, 2.05) is 5.32 Å². The summed E-state index contributed by atoms with van der Waals surface area (Å²) in [6.45, 7) is -9.72. The zero-order valence-electron chi connectivity index (χ0n) is 25.1. The van der Waals surface area contributed by atoms with Crippen LogP contribution in [0.3, 0.4) is 0 Å². The maximum absolute atomic E-state index is 14.2. The van der Waals surface area contributed by atoms with Crippen LogP contribution in [-0.2, 0) is 0 Å². The van der Waals surface area contributed by atoms with E-state index < -0.39 is 80.1 Å². The van der Waals surface area contributed by atoms with Gasteiger partial charge in [-0.3, -0.25) is 0 Å². The highest BCUT2D eigenvalue weighted by Gasteiger charge is 2.27. The molecule has 2 aromatic rings. The van der Waals surface area contributed by atoms with E-state index in [2.05, 4.69) is 0 Å². The molecule has 0 saturated carbocycles. The number of benzene rings is 2. The summed E-state index contributed by atoms with van der Waals surface area (Å²) >= 11 is 0. The zero-order valence-corrected chi connectivity index (χ0v) is 12.1. The first-order valence-corrected chi connectivity index (χ1v) is 6.96. The predicted molar refractivity (Wildman–Crippen MR) is 88.2 cm³/mol. The number of hydrogen-bond donors (Lipinski definition) is 1. The molecule has 2 aromatic carbocycles. The van der Waals surface area contributed by atoms with E-state index in [0.717, 1.165) is 0 Å². The standard InChI is InChI=1S/C19H20FNO3/c20-15-3-1-13(2-4-15)17-7-8-21-10-14(17)11-22-16-5-6-18-19(9-16)24-12-23-18/h1-6,9,14,17,21H,7-8,10-12H2/t14?,17-/m0/s1/i1D,2D,3D,4D,7D2,8D2,10D2,12D2,14D. The number of piperidine rings is 1. The summed E-state index contributed by atoms with van der Waals surface area (Å²) in [5.74, 6) is -6.85. The molecule has 1 N–H and O–H groups in total. The molecule has 4 rings (SSSR count). The molecule has 4 nitrogen and oxygen atoms in total. The van der Waals surface area contributed by atoms with Crippen LogP contribution in [-0.4, -0.2) is 26.3 Å². The first-order valence-electron chi connectivity index (χ1n) is 13.5. The Morgan fingerprint density at radius 3 is 3.00 bits per heavy atom. The van der Waals surface area contributed by atoms with Gasteiger partial charge in [0.25, 0.3) is 0 Å². The molecule has 1 saturated heterocycles. The smallest absolute Gasteiger partial charge is 0.231 e. The summed E-state index contributed by atoms with van der Waals surface area (Å²) in [7, 11) is 0. The van der Waals surface area contributed by atoms with Crippen molar-refractivity contribution in [3.63, 3.8) is 0 Å². The SMILES string of the molecule is [2H]c1c([2H])c([C@@H]2C([2H])([2H])C([2H])([2H])NC([2H])([2H])C2([2H])COc2ccc3c(c2)OC([2H])([2H])O3)c([2H])c([2H])c1F. The van der Waals surface area contributed by atoms with Crippen molar-refractivity contribution in [3.05, 3.63) is 53.7 Å². The second kappa shape index (κ2) is 6.69. The van der Waals surface area contributed by atoms with Crippen molar-refractivity contribution in [1.29, 1.82) is 0 Å². The Bertz CT molecular complexity index is 1250. The van der Waals surface area contributed by atoms with Gasteiger partial charge in [-0.1, -0.05) is 12.1 Å². The Morgan fingerprint density at radius 2 is 2.12 bits per heavy atom. The van der Waals surface area contributed by atoms with Crippen molar-refractivity contribution in [3.8, 4) is 17.2 Å². The summed E-state index contributed by atoms with van der Waals surface area (Å²) in [5, 5.41) is 1.82. The van der Waals surface area contributed by atoms with Crippen molar-refractivity contribution in [1.82, 2.24) is 5.32 Å². The molecule has 1 fully saturated rings. The Morgan fingerprint density at radius 1 is 1.29 bits per heavy atom. The summed E-state index contributed by atoms with van der Waals surface area (Å²) in [4.78, 5) is 0. The van der Waals surface area contributed by atoms with Crippen molar-refractivity contribution >= 4 is 0 Å². The molecule has 1 unspecified atom stereocenters. The van der Waals surface area contributed by atoms with Crippen LogP contribution in [0.1, 0.15) is 35.7 Å². The Hall–Kier alpha value is -2.27. The molecule has 24 heavy (non-hydrogen) atoms. The van der Waals surface area contributed by atoms with Crippen LogP contribution in [0, 0.1) is 11.7 Å². The lowest BCUT2D eigenvalue weighted by Gasteiger charge is -2.32. The van der Waals surface area contributed by atoms with E-state index >= 15 is 0 Å². The molecule has 0 bridgehead atoms. The van der Waals surface area contributed by atoms with Gasteiger partial charge in [0.2, 0.25) is 6.75 Å². The first kappa shape index (κ1) is 6.56. The van der Waals surface area contributed by atoms with E-state index in [-0.39, 0.29) is 17.2 Å². The van der Waals surface area contributed by atoms with Crippen LogP contribution in [0.15, 0.2) is 42.4 Å². The molecule has 2 aliphatic heterocycles. The lowest BCUT2D eigenvalue weighted by Crippen LogP contribution is -2.38. The van der Waals surface area contributed by atoms with Crippen LogP contribution in [0.5, 0.6) is 17.2 Å². The fourth-order valence-electron chi connectivity index (χ4n) is 2.21. The number of ether oxygens (including phenoxy) is 3. The number of halogens is 1. The van der Waals surface area contributed by atoms with Gasteiger partial charge < -0.3 is 19.5 Å².